The number of benzene rings is 1. The molecule has 0 aliphatic carbocycles. The molecule has 1 fully saturated rings. The van der Waals surface area contributed by atoms with Gasteiger partial charge in [0.05, 0.1) is 11.2 Å². The Bertz CT molecular complexity index is 637. The molecule has 0 unspecified atom stereocenters. The molecule has 1 aliphatic heterocycles. The second-order valence-electron chi connectivity index (χ2n) is 8.21. The summed E-state index contributed by atoms with van der Waals surface area (Å²) in [6, 6.07) is 6.30. The molecule has 5 heteroatoms. The van der Waals surface area contributed by atoms with Crippen LogP contribution < -0.4 is 5.46 Å². The lowest BCUT2D eigenvalue weighted by Gasteiger charge is -2.32. The molecule has 0 aromatic heterocycles. The van der Waals surface area contributed by atoms with Crippen molar-refractivity contribution in [2.45, 2.75) is 64.3 Å². The van der Waals surface area contributed by atoms with E-state index in [1.807, 2.05) is 0 Å². The van der Waals surface area contributed by atoms with Gasteiger partial charge in [0.1, 0.15) is 8.07 Å². The quantitative estimate of drug-likeness (QED) is 0.501. The minimum atomic E-state index is -1.41. The summed E-state index contributed by atoms with van der Waals surface area (Å²) in [7, 11) is -1.76. The van der Waals surface area contributed by atoms with Gasteiger partial charge in [-0.15, -0.1) is 5.54 Å². The number of hydrogen-bond acceptors (Lipinski definition) is 3. The van der Waals surface area contributed by atoms with Crippen LogP contribution in [-0.4, -0.2) is 26.4 Å². The van der Waals surface area contributed by atoms with Crippen LogP contribution in [0.4, 0.5) is 0 Å². The fourth-order valence-electron chi connectivity index (χ4n) is 2.26. The third-order valence-electron chi connectivity index (χ3n) is 4.30. The first-order valence-electron chi connectivity index (χ1n) is 8.07. The maximum Gasteiger partial charge on any atom is 0.494 e. The first kappa shape index (κ1) is 18.7. The second-order valence-corrected chi connectivity index (χ2v) is 13.3. The average Bonchev–Trinajstić information content (AvgIpc) is 2.64. The minimum absolute atomic E-state index is 0.335. The van der Waals surface area contributed by atoms with Gasteiger partial charge in [-0.25, -0.2) is 0 Å². The van der Waals surface area contributed by atoms with Crippen molar-refractivity contribution < 1.29 is 9.31 Å². The summed E-state index contributed by atoms with van der Waals surface area (Å²) in [6.07, 6.45) is 0. The molecule has 2 rings (SSSR count). The van der Waals surface area contributed by atoms with E-state index in [-0.39, 0.29) is 18.3 Å². The van der Waals surface area contributed by atoms with Gasteiger partial charge < -0.3 is 9.31 Å². The molecule has 0 amide bonds. The molecule has 0 bridgehead atoms. The molecule has 1 heterocycles. The third-order valence-corrected chi connectivity index (χ3v) is 5.55. The van der Waals surface area contributed by atoms with Crippen molar-refractivity contribution in [3.05, 3.63) is 29.3 Å². The van der Waals surface area contributed by atoms with E-state index in [2.05, 4.69) is 89.6 Å². The predicted octanol–water partition coefficient (Wildman–Crippen LogP) is 3.64. The van der Waals surface area contributed by atoms with Crippen molar-refractivity contribution in [3.63, 3.8) is 0 Å². The molecule has 0 saturated carbocycles. The highest BCUT2D eigenvalue weighted by molar-refractivity contribution is 7.79. The van der Waals surface area contributed by atoms with E-state index >= 15 is 0 Å². The Morgan fingerprint density at radius 3 is 2.09 bits per heavy atom. The van der Waals surface area contributed by atoms with E-state index in [4.69, 9.17) is 9.31 Å². The molecule has 2 nitrogen and oxygen atoms in total. The van der Waals surface area contributed by atoms with Crippen LogP contribution in [0.3, 0.4) is 0 Å². The number of hydrogen-bond donors (Lipinski definition) is 1. The maximum absolute atomic E-state index is 6.16. The molecular formula is C18H27BO2SSi. The van der Waals surface area contributed by atoms with E-state index in [9.17, 15) is 0 Å². The Balaban J connectivity index is 2.38. The lowest BCUT2D eigenvalue weighted by Crippen LogP contribution is -2.41. The van der Waals surface area contributed by atoms with E-state index in [1.54, 1.807) is 0 Å². The van der Waals surface area contributed by atoms with Gasteiger partial charge in [0.25, 0.3) is 0 Å². The Morgan fingerprint density at radius 1 is 1.04 bits per heavy atom. The highest BCUT2D eigenvalue weighted by Crippen LogP contribution is 2.36. The zero-order chi connectivity index (χ0) is 17.5. The number of rotatable bonds is 2. The summed E-state index contributed by atoms with van der Waals surface area (Å²) < 4.78 is 12.3. The van der Waals surface area contributed by atoms with E-state index in [1.165, 1.54) is 0 Å². The van der Waals surface area contributed by atoms with Gasteiger partial charge in [-0.3, -0.25) is 0 Å². The van der Waals surface area contributed by atoms with Crippen molar-refractivity contribution >= 4 is 33.3 Å². The van der Waals surface area contributed by atoms with Crippen LogP contribution in [0, 0.1) is 11.5 Å². The number of thiol groups is 1. The van der Waals surface area contributed by atoms with Gasteiger partial charge in [0.2, 0.25) is 0 Å². The molecule has 0 spiro atoms. The maximum atomic E-state index is 6.16. The molecule has 0 radical (unpaired) electrons. The Morgan fingerprint density at radius 2 is 1.61 bits per heavy atom. The first-order chi connectivity index (χ1) is 10.4. The van der Waals surface area contributed by atoms with Gasteiger partial charge in [-0.2, -0.15) is 12.6 Å². The predicted molar refractivity (Wildman–Crippen MR) is 105 cm³/mol. The van der Waals surface area contributed by atoms with E-state index < -0.39 is 8.07 Å². The van der Waals surface area contributed by atoms with Gasteiger partial charge in [0, 0.05) is 11.3 Å². The van der Waals surface area contributed by atoms with Crippen LogP contribution in [0.1, 0.15) is 38.8 Å². The zero-order valence-corrected chi connectivity index (χ0v) is 17.2. The van der Waals surface area contributed by atoms with Crippen molar-refractivity contribution in [3.8, 4) is 11.5 Å². The van der Waals surface area contributed by atoms with Gasteiger partial charge in [-0.05, 0) is 50.9 Å². The summed E-state index contributed by atoms with van der Waals surface area (Å²) in [5.74, 6) is 4.01. The third kappa shape index (κ3) is 4.45. The molecule has 0 N–H and O–H groups in total. The lowest BCUT2D eigenvalue weighted by molar-refractivity contribution is 0.00578. The highest BCUT2D eigenvalue weighted by Gasteiger charge is 2.51. The van der Waals surface area contributed by atoms with Gasteiger partial charge in [-0.1, -0.05) is 31.6 Å². The topological polar surface area (TPSA) is 18.5 Å². The molecule has 23 heavy (non-hydrogen) atoms. The van der Waals surface area contributed by atoms with Crippen LogP contribution in [-0.2, 0) is 15.1 Å². The first-order valence-corrected chi connectivity index (χ1v) is 12.2. The lowest BCUT2D eigenvalue weighted by atomic mass is 9.77. The minimum Gasteiger partial charge on any atom is -0.399 e. The van der Waals surface area contributed by atoms with Crippen molar-refractivity contribution in [2.24, 2.45) is 0 Å². The molecule has 1 aromatic rings. The Labute approximate surface area is 147 Å². The molecule has 1 aromatic carbocycles. The van der Waals surface area contributed by atoms with Crippen molar-refractivity contribution in [1.29, 1.82) is 0 Å². The largest absolute Gasteiger partial charge is 0.494 e. The van der Waals surface area contributed by atoms with Crippen LogP contribution in [0.2, 0.25) is 19.6 Å². The fraction of sp³-hybridized carbons (Fsp3) is 0.556. The molecule has 1 aliphatic rings. The van der Waals surface area contributed by atoms with Gasteiger partial charge >= 0.3 is 7.12 Å². The molecular weight excluding hydrogens is 319 g/mol. The zero-order valence-electron chi connectivity index (χ0n) is 15.3. The second kappa shape index (κ2) is 6.33. The van der Waals surface area contributed by atoms with Gasteiger partial charge in [0.15, 0.2) is 0 Å². The Hall–Kier alpha value is -0.668. The summed E-state index contributed by atoms with van der Waals surface area (Å²) in [5.41, 5.74) is 5.93. The highest BCUT2D eigenvalue weighted by atomic mass is 32.1. The van der Waals surface area contributed by atoms with E-state index in [0.29, 0.717) is 5.75 Å². The molecule has 124 valence electrons. The fourth-order valence-corrected chi connectivity index (χ4v) is 2.96. The van der Waals surface area contributed by atoms with E-state index in [0.717, 1.165) is 16.6 Å². The monoisotopic (exact) mass is 346 g/mol. The molecule has 0 atom stereocenters. The van der Waals surface area contributed by atoms with Crippen molar-refractivity contribution in [1.82, 2.24) is 0 Å². The van der Waals surface area contributed by atoms with Crippen LogP contribution in [0.5, 0.6) is 0 Å². The van der Waals surface area contributed by atoms with Crippen molar-refractivity contribution in [2.75, 3.05) is 0 Å². The molecule has 1 saturated heterocycles. The van der Waals surface area contributed by atoms with Crippen LogP contribution >= 0.6 is 12.6 Å². The normalized spacial score (nSPS) is 19.4. The SMILES string of the molecule is CC1(C)OB(c2cc(C#C[Si](C)(C)C)cc(CS)c2)OC1(C)C. The summed E-state index contributed by atoms with van der Waals surface area (Å²) in [6.45, 7) is 15.0. The summed E-state index contributed by atoms with van der Waals surface area (Å²) in [5, 5.41) is 0. The summed E-state index contributed by atoms with van der Waals surface area (Å²) >= 11 is 4.42. The average molecular weight is 346 g/mol. The standard InChI is InChI=1S/C18H27BO2SSi/c1-17(2)18(3,4)21-19(20-17)16-11-14(8-9-23(5,6)7)10-15(12-16)13-22/h10-12,22H,13H2,1-7H3. The smallest absolute Gasteiger partial charge is 0.399 e. The Kier molecular flexibility index (Phi) is 5.14. The van der Waals surface area contributed by atoms with Crippen LogP contribution in [0.15, 0.2) is 18.2 Å². The summed E-state index contributed by atoms with van der Waals surface area (Å²) in [4.78, 5) is 0. The van der Waals surface area contributed by atoms with Crippen LogP contribution in [0.25, 0.3) is 0 Å².